The molecule has 0 saturated heterocycles. The van der Waals surface area contributed by atoms with Crippen LogP contribution in [0.15, 0.2) is 64.1 Å². The molecule has 1 amide bonds. The number of fused-ring (bicyclic) bond motifs is 2. The number of carbonyl (C=O) groups excluding carboxylic acids is 1. The molecule has 10 heteroatoms. The third kappa shape index (κ3) is 6.67. The Morgan fingerprint density at radius 3 is 2.46 bits per heavy atom. The van der Waals surface area contributed by atoms with Gasteiger partial charge in [-0.05, 0) is 54.3 Å². The first-order valence-electron chi connectivity index (χ1n) is 13.6. The Hall–Kier alpha value is -4.82. The van der Waals surface area contributed by atoms with E-state index in [0.29, 0.717) is 30.0 Å². The average molecular weight is 556 g/mol. The number of nitrogens with zero attached hydrogens (tertiary/aromatic N) is 5. The summed E-state index contributed by atoms with van der Waals surface area (Å²) in [5.74, 6) is -0.809. The minimum absolute atomic E-state index is 0.0397. The minimum atomic E-state index is -1.12. The van der Waals surface area contributed by atoms with Crippen LogP contribution in [0.2, 0.25) is 0 Å². The summed E-state index contributed by atoms with van der Waals surface area (Å²) in [5.41, 5.74) is 12.3. The molecule has 0 radical (unpaired) electrons. The van der Waals surface area contributed by atoms with Crippen LogP contribution in [0.25, 0.3) is 43.9 Å². The molecule has 212 valence electrons. The first kappa shape index (κ1) is 29.2. The Bertz CT molecular complexity index is 1680. The maximum Gasteiger partial charge on any atom is 0.336 e. The zero-order chi connectivity index (χ0) is 29.5. The molecule has 10 nitrogen and oxygen atoms in total. The summed E-state index contributed by atoms with van der Waals surface area (Å²) < 4.78 is 8.34. The van der Waals surface area contributed by atoms with E-state index in [1.54, 1.807) is 12.1 Å². The lowest BCUT2D eigenvalue weighted by atomic mass is 9.89. The van der Waals surface area contributed by atoms with E-state index in [9.17, 15) is 14.7 Å². The van der Waals surface area contributed by atoms with Gasteiger partial charge in [-0.3, -0.25) is 4.79 Å². The number of carboxylic acids is 1. The fourth-order valence-electron chi connectivity index (χ4n) is 4.80. The number of carbonyl (C=O) groups is 2. The van der Waals surface area contributed by atoms with Gasteiger partial charge in [-0.2, -0.15) is 0 Å². The molecule has 2 aromatic rings. The molecular weight excluding hydrogens is 520 g/mol. The first-order chi connectivity index (χ1) is 19.7. The largest absolute Gasteiger partial charge is 0.478 e. The standard InChI is InChI=1S/C31H34N6O4/c1-36(2)21-10-13-24-27(18-21)41-28-19-22(37(3)4)11-14-25(28)29(24)23-12-9-20(17-26(23)31(39)40)30(38)33-15-7-5-6-8-16-34-35-32/h9-14,17-19H,5-8,15-16H2,1-4H3,(H-,33,38,39,40)/p+1. The van der Waals surface area contributed by atoms with Gasteiger partial charge in [-0.15, -0.1) is 0 Å². The van der Waals surface area contributed by atoms with Crippen molar-refractivity contribution in [2.75, 3.05) is 46.2 Å². The summed E-state index contributed by atoms with van der Waals surface area (Å²) in [4.78, 5) is 30.1. The second kappa shape index (κ2) is 13.0. The van der Waals surface area contributed by atoms with Crippen molar-refractivity contribution in [2.45, 2.75) is 25.7 Å². The number of hydrogen-bond acceptors (Lipinski definition) is 5. The Balaban J connectivity index is 1.73. The van der Waals surface area contributed by atoms with Gasteiger partial charge in [0.05, 0.1) is 11.6 Å². The molecule has 1 aliphatic heterocycles. The maximum absolute atomic E-state index is 12.9. The highest BCUT2D eigenvalue weighted by Crippen LogP contribution is 2.42. The van der Waals surface area contributed by atoms with Gasteiger partial charge in [0.25, 0.3) is 5.91 Å². The van der Waals surface area contributed by atoms with Crippen molar-refractivity contribution in [2.24, 2.45) is 5.11 Å². The summed E-state index contributed by atoms with van der Waals surface area (Å²) in [6.45, 7) is 0.948. The average Bonchev–Trinajstić information content (AvgIpc) is 2.96. The summed E-state index contributed by atoms with van der Waals surface area (Å²) >= 11 is 0. The molecule has 0 saturated carbocycles. The Kier molecular flexibility index (Phi) is 9.26. The molecule has 2 aromatic carbocycles. The van der Waals surface area contributed by atoms with Gasteiger partial charge in [0.1, 0.15) is 25.4 Å². The normalized spacial score (nSPS) is 10.8. The number of unbranched alkanes of at least 4 members (excludes halogenated alkanes) is 3. The topological polar surface area (TPSA) is 135 Å². The third-order valence-electron chi connectivity index (χ3n) is 7.04. The van der Waals surface area contributed by atoms with E-state index in [-0.39, 0.29) is 17.0 Å². The predicted octanol–water partition coefficient (Wildman–Crippen LogP) is 5.60. The molecule has 0 spiro atoms. The zero-order valence-corrected chi connectivity index (χ0v) is 23.8. The molecule has 0 aromatic heterocycles. The number of aromatic carboxylic acids is 1. The monoisotopic (exact) mass is 555 g/mol. The van der Waals surface area contributed by atoms with Crippen molar-refractivity contribution >= 4 is 28.5 Å². The molecule has 1 aliphatic carbocycles. The van der Waals surface area contributed by atoms with Crippen molar-refractivity contribution in [3.05, 3.63) is 81.5 Å². The van der Waals surface area contributed by atoms with E-state index in [0.717, 1.165) is 53.2 Å². The molecule has 41 heavy (non-hydrogen) atoms. The van der Waals surface area contributed by atoms with Gasteiger partial charge < -0.3 is 19.7 Å². The molecule has 2 aliphatic rings. The number of hydrogen-bond donors (Lipinski definition) is 2. The summed E-state index contributed by atoms with van der Waals surface area (Å²) in [5, 5.41) is 18.4. The predicted molar refractivity (Wildman–Crippen MR) is 161 cm³/mol. The van der Waals surface area contributed by atoms with E-state index in [4.69, 9.17) is 9.95 Å². The number of rotatable bonds is 11. The van der Waals surface area contributed by atoms with Crippen LogP contribution >= 0.6 is 0 Å². The van der Waals surface area contributed by atoms with Gasteiger partial charge in [-0.25, -0.2) is 9.37 Å². The SMILES string of the molecule is CN(C)c1ccc2c(-c3ccc(C(=O)NCCCCCCN=[N+]=[N-])cc3C(=O)O)c3ccc(=[N+](C)C)cc-3oc2c1. The van der Waals surface area contributed by atoms with Crippen molar-refractivity contribution in [1.29, 1.82) is 0 Å². The lowest BCUT2D eigenvalue weighted by Crippen LogP contribution is -2.24. The van der Waals surface area contributed by atoms with Crippen molar-refractivity contribution in [3.63, 3.8) is 0 Å². The minimum Gasteiger partial charge on any atom is -0.478 e. The third-order valence-corrected chi connectivity index (χ3v) is 7.04. The Morgan fingerprint density at radius 2 is 1.76 bits per heavy atom. The maximum atomic E-state index is 12.9. The number of carboxylic acid groups (broad SMARTS) is 1. The van der Waals surface area contributed by atoms with E-state index >= 15 is 0 Å². The van der Waals surface area contributed by atoms with Gasteiger partial charge >= 0.3 is 5.97 Å². The molecular formula is C31H35N6O4+. The van der Waals surface area contributed by atoms with Gasteiger partial charge in [0.2, 0.25) is 5.36 Å². The highest BCUT2D eigenvalue weighted by molar-refractivity contribution is 6.09. The quantitative estimate of drug-likeness (QED) is 0.0620. The molecule has 0 atom stereocenters. The molecule has 2 N–H and O–H groups in total. The van der Waals surface area contributed by atoms with Crippen LogP contribution in [0.3, 0.4) is 0 Å². The van der Waals surface area contributed by atoms with Crippen LogP contribution in [0, 0.1) is 0 Å². The fraction of sp³-hybridized carbons (Fsp3) is 0.323. The molecule has 0 bridgehead atoms. The van der Waals surface area contributed by atoms with E-state index in [2.05, 4.69) is 15.3 Å². The second-order valence-corrected chi connectivity index (χ2v) is 10.3. The first-order valence-corrected chi connectivity index (χ1v) is 13.6. The van der Waals surface area contributed by atoms with Crippen LogP contribution in [0.5, 0.6) is 0 Å². The number of anilines is 1. The van der Waals surface area contributed by atoms with Gasteiger partial charge in [-0.1, -0.05) is 24.0 Å². The lowest BCUT2D eigenvalue weighted by molar-refractivity contribution is 0.0697. The molecule has 0 fully saturated rings. The fourth-order valence-corrected chi connectivity index (χ4v) is 4.80. The summed E-state index contributed by atoms with van der Waals surface area (Å²) in [6.07, 6.45) is 3.39. The van der Waals surface area contributed by atoms with Gasteiger partial charge in [0.15, 0.2) is 0 Å². The van der Waals surface area contributed by atoms with Crippen molar-refractivity contribution in [3.8, 4) is 22.5 Å². The van der Waals surface area contributed by atoms with Crippen LogP contribution in [0.1, 0.15) is 46.4 Å². The molecule has 4 rings (SSSR count). The summed E-state index contributed by atoms with van der Waals surface area (Å²) in [7, 11) is 7.80. The number of azide groups is 1. The molecule has 1 heterocycles. The van der Waals surface area contributed by atoms with E-state index in [1.807, 2.05) is 74.1 Å². The zero-order valence-electron chi connectivity index (χ0n) is 23.8. The van der Waals surface area contributed by atoms with E-state index < -0.39 is 5.97 Å². The van der Waals surface area contributed by atoms with Crippen LogP contribution < -0.4 is 20.1 Å². The highest BCUT2D eigenvalue weighted by atomic mass is 16.4. The lowest BCUT2D eigenvalue weighted by Gasteiger charge is -2.19. The molecule has 0 unspecified atom stereocenters. The van der Waals surface area contributed by atoms with Gasteiger partial charge in [0, 0.05) is 72.0 Å². The second-order valence-electron chi connectivity index (χ2n) is 10.3. The number of nitrogens with one attached hydrogen (secondary N) is 1. The van der Waals surface area contributed by atoms with Crippen LogP contribution in [-0.2, 0) is 0 Å². The highest BCUT2D eigenvalue weighted by Gasteiger charge is 2.23. The smallest absolute Gasteiger partial charge is 0.336 e. The number of benzene rings is 3. The van der Waals surface area contributed by atoms with Crippen LogP contribution in [-0.4, -0.2) is 58.3 Å². The van der Waals surface area contributed by atoms with Crippen molar-refractivity contribution < 1.29 is 19.1 Å². The van der Waals surface area contributed by atoms with E-state index in [1.165, 1.54) is 6.07 Å². The number of amides is 1. The Morgan fingerprint density at radius 1 is 1.00 bits per heavy atom. The van der Waals surface area contributed by atoms with Crippen molar-refractivity contribution in [1.82, 2.24) is 9.89 Å². The van der Waals surface area contributed by atoms with Crippen LogP contribution in [0.4, 0.5) is 5.69 Å². The summed E-state index contributed by atoms with van der Waals surface area (Å²) in [6, 6.07) is 16.5. The Labute approximate surface area is 238 Å².